The zero-order valence-corrected chi connectivity index (χ0v) is 14.1. The predicted molar refractivity (Wildman–Crippen MR) is 86.3 cm³/mol. The molecule has 1 aromatic carbocycles. The average Bonchev–Trinajstić information content (AvgIpc) is 3.26. The number of fused-ring (bicyclic) bond motifs is 1. The van der Waals surface area contributed by atoms with Crippen molar-refractivity contribution in [2.45, 2.75) is 29.9 Å². The van der Waals surface area contributed by atoms with Crippen LogP contribution in [0.5, 0.6) is 5.75 Å². The molecule has 0 aliphatic carbocycles. The molecule has 1 N–H and O–H groups in total. The van der Waals surface area contributed by atoms with E-state index in [2.05, 4.69) is 9.82 Å². The SMILES string of the molecule is Cn1nccc1[C@H]1OCC[C@@H]1NS(=O)(=O)c1cccc2c1OCC2. The van der Waals surface area contributed by atoms with E-state index in [0.29, 0.717) is 25.4 Å². The monoisotopic (exact) mass is 349 g/mol. The van der Waals surface area contributed by atoms with Gasteiger partial charge in [-0.15, -0.1) is 0 Å². The number of sulfonamides is 1. The van der Waals surface area contributed by atoms with E-state index in [1.54, 1.807) is 23.0 Å². The minimum absolute atomic E-state index is 0.202. The molecule has 2 aliphatic heterocycles. The molecule has 128 valence electrons. The van der Waals surface area contributed by atoms with Crippen molar-refractivity contribution in [1.82, 2.24) is 14.5 Å². The number of aromatic nitrogens is 2. The molecule has 0 unspecified atom stereocenters. The van der Waals surface area contributed by atoms with Crippen LogP contribution in [0, 0.1) is 0 Å². The second kappa shape index (κ2) is 5.87. The van der Waals surface area contributed by atoms with Gasteiger partial charge in [-0.25, -0.2) is 13.1 Å². The molecule has 0 radical (unpaired) electrons. The summed E-state index contributed by atoms with van der Waals surface area (Å²) in [5, 5.41) is 4.14. The first-order chi connectivity index (χ1) is 11.6. The number of nitrogens with one attached hydrogen (secondary N) is 1. The average molecular weight is 349 g/mol. The molecule has 8 heteroatoms. The van der Waals surface area contributed by atoms with Gasteiger partial charge in [-0.3, -0.25) is 4.68 Å². The fourth-order valence-corrected chi connectivity index (χ4v) is 4.78. The number of hydrogen-bond acceptors (Lipinski definition) is 5. The van der Waals surface area contributed by atoms with Crippen molar-refractivity contribution in [1.29, 1.82) is 0 Å². The van der Waals surface area contributed by atoms with Crippen LogP contribution in [0.1, 0.15) is 23.8 Å². The van der Waals surface area contributed by atoms with Crippen molar-refractivity contribution in [3.63, 3.8) is 0 Å². The predicted octanol–water partition coefficient (Wildman–Crippen LogP) is 1.16. The molecule has 0 saturated carbocycles. The maximum Gasteiger partial charge on any atom is 0.244 e. The summed E-state index contributed by atoms with van der Waals surface area (Å²) in [5.74, 6) is 0.473. The fraction of sp³-hybridized carbons (Fsp3) is 0.438. The lowest BCUT2D eigenvalue weighted by Crippen LogP contribution is -2.37. The van der Waals surface area contributed by atoms with Gasteiger partial charge in [-0.1, -0.05) is 12.1 Å². The van der Waals surface area contributed by atoms with Gasteiger partial charge in [0.1, 0.15) is 16.7 Å². The number of hydrogen-bond donors (Lipinski definition) is 1. The lowest BCUT2D eigenvalue weighted by molar-refractivity contribution is 0.0959. The van der Waals surface area contributed by atoms with Crippen LogP contribution in [0.2, 0.25) is 0 Å². The van der Waals surface area contributed by atoms with Crippen LogP contribution in [-0.4, -0.2) is 37.5 Å². The van der Waals surface area contributed by atoms with Gasteiger partial charge in [0, 0.05) is 26.3 Å². The van der Waals surface area contributed by atoms with Crippen molar-refractivity contribution >= 4 is 10.0 Å². The minimum atomic E-state index is -3.69. The normalized spacial score (nSPS) is 23.2. The van der Waals surface area contributed by atoms with Gasteiger partial charge >= 0.3 is 0 Å². The van der Waals surface area contributed by atoms with Crippen molar-refractivity contribution in [2.24, 2.45) is 7.05 Å². The maximum absolute atomic E-state index is 12.9. The van der Waals surface area contributed by atoms with Gasteiger partial charge in [0.15, 0.2) is 0 Å². The molecule has 0 bridgehead atoms. The first-order valence-corrected chi connectivity index (χ1v) is 9.41. The van der Waals surface area contributed by atoms with Gasteiger partial charge in [0.2, 0.25) is 10.0 Å². The Hall–Kier alpha value is -1.90. The number of rotatable bonds is 4. The highest BCUT2D eigenvalue weighted by molar-refractivity contribution is 7.89. The first-order valence-electron chi connectivity index (χ1n) is 7.93. The summed E-state index contributed by atoms with van der Waals surface area (Å²) < 4.78 is 41.5. The minimum Gasteiger partial charge on any atom is -0.492 e. The summed E-state index contributed by atoms with van der Waals surface area (Å²) in [4.78, 5) is 0.202. The van der Waals surface area contributed by atoms with E-state index in [4.69, 9.17) is 9.47 Å². The van der Waals surface area contributed by atoms with E-state index in [-0.39, 0.29) is 17.0 Å². The number of benzene rings is 1. The summed E-state index contributed by atoms with van der Waals surface area (Å²) in [6.07, 6.45) is 2.69. The summed E-state index contributed by atoms with van der Waals surface area (Å²) in [6, 6.07) is 6.76. The standard InChI is InChI=1S/C16H19N3O4S/c1-19-13(5-8-17-19)16-12(7-10-23-16)18-24(20,21)14-4-2-3-11-6-9-22-15(11)14/h2-5,8,12,16,18H,6-7,9-10H2,1H3/t12-,16-/m0/s1. The first kappa shape index (κ1) is 15.6. The molecule has 0 spiro atoms. The van der Waals surface area contributed by atoms with Crippen LogP contribution in [0.4, 0.5) is 0 Å². The van der Waals surface area contributed by atoms with Crippen LogP contribution in [-0.2, 0) is 28.2 Å². The number of para-hydroxylation sites is 1. The van der Waals surface area contributed by atoms with E-state index in [0.717, 1.165) is 17.7 Å². The molecule has 1 saturated heterocycles. The molecule has 0 amide bonds. The van der Waals surface area contributed by atoms with E-state index in [1.807, 2.05) is 19.2 Å². The number of ether oxygens (including phenoxy) is 2. The topological polar surface area (TPSA) is 82.5 Å². The second-order valence-electron chi connectivity index (χ2n) is 6.03. The highest BCUT2D eigenvalue weighted by Crippen LogP contribution is 2.34. The summed E-state index contributed by atoms with van der Waals surface area (Å²) in [6.45, 7) is 1.03. The zero-order valence-electron chi connectivity index (χ0n) is 13.3. The Balaban J connectivity index is 1.62. The molecular weight excluding hydrogens is 330 g/mol. The zero-order chi connectivity index (χ0) is 16.7. The van der Waals surface area contributed by atoms with Crippen molar-refractivity contribution in [2.75, 3.05) is 13.2 Å². The lowest BCUT2D eigenvalue weighted by Gasteiger charge is -2.20. The second-order valence-corrected chi connectivity index (χ2v) is 7.71. The third-order valence-corrected chi connectivity index (χ3v) is 6.03. The quantitative estimate of drug-likeness (QED) is 0.896. The molecule has 1 fully saturated rings. The molecular formula is C16H19N3O4S. The Morgan fingerprint density at radius 3 is 2.96 bits per heavy atom. The van der Waals surface area contributed by atoms with Gasteiger partial charge < -0.3 is 9.47 Å². The van der Waals surface area contributed by atoms with Gasteiger partial charge in [0.05, 0.1) is 18.3 Å². The smallest absolute Gasteiger partial charge is 0.244 e. The molecule has 2 aliphatic rings. The van der Waals surface area contributed by atoms with E-state index < -0.39 is 10.0 Å². The van der Waals surface area contributed by atoms with Crippen LogP contribution >= 0.6 is 0 Å². The Morgan fingerprint density at radius 2 is 2.17 bits per heavy atom. The van der Waals surface area contributed by atoms with Gasteiger partial charge in [-0.2, -0.15) is 5.10 Å². The summed E-state index contributed by atoms with van der Waals surface area (Å²) in [7, 11) is -1.87. The number of nitrogens with zero attached hydrogens (tertiary/aromatic N) is 2. The highest BCUT2D eigenvalue weighted by Gasteiger charge is 2.36. The van der Waals surface area contributed by atoms with Crippen molar-refractivity contribution in [3.05, 3.63) is 41.7 Å². The van der Waals surface area contributed by atoms with E-state index in [9.17, 15) is 8.42 Å². The molecule has 1 aromatic heterocycles. The van der Waals surface area contributed by atoms with Crippen molar-refractivity contribution < 1.29 is 17.9 Å². The van der Waals surface area contributed by atoms with E-state index >= 15 is 0 Å². The van der Waals surface area contributed by atoms with E-state index in [1.165, 1.54) is 0 Å². The Labute approximate surface area is 140 Å². The third-order valence-electron chi connectivity index (χ3n) is 4.52. The summed E-state index contributed by atoms with van der Waals surface area (Å²) in [5.41, 5.74) is 1.79. The fourth-order valence-electron chi connectivity index (χ4n) is 3.32. The Morgan fingerprint density at radius 1 is 1.29 bits per heavy atom. The van der Waals surface area contributed by atoms with Gasteiger partial charge in [-0.05, 0) is 24.1 Å². The highest BCUT2D eigenvalue weighted by atomic mass is 32.2. The van der Waals surface area contributed by atoms with Crippen molar-refractivity contribution in [3.8, 4) is 5.75 Å². The van der Waals surface area contributed by atoms with Crippen LogP contribution in [0.25, 0.3) is 0 Å². The molecule has 4 rings (SSSR count). The lowest BCUT2D eigenvalue weighted by atomic mass is 10.1. The Bertz CT molecular complexity index is 862. The Kier molecular flexibility index (Phi) is 3.82. The molecule has 2 aromatic rings. The van der Waals surface area contributed by atoms with Crippen LogP contribution in [0.15, 0.2) is 35.4 Å². The molecule has 2 atom stereocenters. The maximum atomic E-state index is 12.9. The number of aryl methyl sites for hydroxylation is 1. The molecule has 3 heterocycles. The third kappa shape index (κ3) is 2.60. The molecule has 24 heavy (non-hydrogen) atoms. The van der Waals surface area contributed by atoms with Gasteiger partial charge in [0.25, 0.3) is 0 Å². The van der Waals surface area contributed by atoms with Crippen LogP contribution in [0.3, 0.4) is 0 Å². The largest absolute Gasteiger partial charge is 0.492 e. The molecule has 7 nitrogen and oxygen atoms in total. The van der Waals surface area contributed by atoms with Crippen LogP contribution < -0.4 is 9.46 Å². The summed E-state index contributed by atoms with van der Waals surface area (Å²) >= 11 is 0.